The molecule has 2 aromatic rings. The highest BCUT2D eigenvalue weighted by Crippen LogP contribution is 1.97. The van der Waals surface area contributed by atoms with Gasteiger partial charge in [0.1, 0.15) is 6.33 Å². The van der Waals surface area contributed by atoms with E-state index in [4.69, 9.17) is 5.73 Å². The van der Waals surface area contributed by atoms with E-state index >= 15 is 0 Å². The summed E-state index contributed by atoms with van der Waals surface area (Å²) in [5.74, 6) is -0.0712. The second-order valence-electron chi connectivity index (χ2n) is 2.25. The Morgan fingerprint density at radius 1 is 1.58 bits per heavy atom. The van der Waals surface area contributed by atoms with Crippen molar-refractivity contribution in [2.24, 2.45) is 5.73 Å². The summed E-state index contributed by atoms with van der Waals surface area (Å²) < 4.78 is 1.53. The lowest BCUT2D eigenvalue weighted by Crippen LogP contribution is -2.12. The minimum atomic E-state index is -0.516. The van der Waals surface area contributed by atoms with Crippen molar-refractivity contribution in [3.8, 4) is 0 Å². The number of amides is 1. The Bertz CT molecular complexity index is 434. The zero-order valence-corrected chi connectivity index (χ0v) is 6.01. The quantitative estimate of drug-likeness (QED) is 0.597. The fourth-order valence-electron chi connectivity index (χ4n) is 0.858. The number of nitrogens with two attached hydrogens (primary N) is 1. The summed E-state index contributed by atoms with van der Waals surface area (Å²) in [6.07, 6.45) is 4.35. The first kappa shape index (κ1) is 6.71. The van der Waals surface area contributed by atoms with Gasteiger partial charge in [0.05, 0.1) is 5.56 Å². The predicted molar refractivity (Wildman–Crippen MR) is 39.3 cm³/mol. The molecular formula is C6H5N5O. The normalized spacial score (nSPS) is 10.3. The Morgan fingerprint density at radius 2 is 2.42 bits per heavy atom. The second-order valence-corrected chi connectivity index (χ2v) is 2.25. The smallest absolute Gasteiger partial charge is 0.254 e. The molecule has 6 heteroatoms. The molecule has 2 rings (SSSR count). The van der Waals surface area contributed by atoms with Gasteiger partial charge in [-0.05, 0) is 0 Å². The lowest BCUT2D eigenvalue weighted by molar-refractivity contribution is 0.0999. The summed E-state index contributed by atoms with van der Waals surface area (Å²) in [6.45, 7) is 0. The molecule has 2 heterocycles. The van der Waals surface area contributed by atoms with Crippen molar-refractivity contribution >= 4 is 11.7 Å². The Morgan fingerprint density at radius 3 is 3.17 bits per heavy atom. The van der Waals surface area contributed by atoms with Crippen molar-refractivity contribution in [1.82, 2.24) is 19.6 Å². The van der Waals surface area contributed by atoms with Gasteiger partial charge in [-0.15, -0.1) is 10.2 Å². The Labute approximate surface area is 67.0 Å². The van der Waals surface area contributed by atoms with Crippen LogP contribution in [0.25, 0.3) is 5.78 Å². The summed E-state index contributed by atoms with van der Waals surface area (Å²) in [6, 6.07) is 0. The van der Waals surface area contributed by atoms with Crippen molar-refractivity contribution in [3.05, 3.63) is 24.3 Å². The van der Waals surface area contributed by atoms with Gasteiger partial charge >= 0.3 is 0 Å². The number of hydrogen-bond acceptors (Lipinski definition) is 4. The molecule has 0 bridgehead atoms. The molecule has 12 heavy (non-hydrogen) atoms. The van der Waals surface area contributed by atoms with Gasteiger partial charge < -0.3 is 5.73 Å². The molecule has 0 unspecified atom stereocenters. The Balaban J connectivity index is 2.68. The Hall–Kier alpha value is -1.98. The number of nitrogens with zero attached hydrogens (tertiary/aromatic N) is 4. The molecule has 6 nitrogen and oxygen atoms in total. The van der Waals surface area contributed by atoms with Crippen molar-refractivity contribution in [3.63, 3.8) is 0 Å². The third-order valence-corrected chi connectivity index (χ3v) is 1.44. The zero-order valence-electron chi connectivity index (χ0n) is 6.01. The van der Waals surface area contributed by atoms with E-state index in [0.717, 1.165) is 0 Å². The minimum absolute atomic E-state index is 0.335. The number of rotatable bonds is 1. The van der Waals surface area contributed by atoms with E-state index < -0.39 is 5.91 Å². The number of fused-ring (bicyclic) bond motifs is 1. The molecule has 0 atom stereocenters. The molecule has 0 fully saturated rings. The van der Waals surface area contributed by atoms with E-state index in [1.807, 2.05) is 0 Å². The maximum atomic E-state index is 10.7. The van der Waals surface area contributed by atoms with Crippen LogP contribution >= 0.6 is 0 Å². The van der Waals surface area contributed by atoms with Crippen molar-refractivity contribution in [2.75, 3.05) is 0 Å². The van der Waals surface area contributed by atoms with Crippen LogP contribution in [-0.4, -0.2) is 25.5 Å². The van der Waals surface area contributed by atoms with Crippen LogP contribution in [0, 0.1) is 0 Å². The van der Waals surface area contributed by atoms with Gasteiger partial charge in [0, 0.05) is 12.4 Å². The molecule has 60 valence electrons. The summed E-state index contributed by atoms with van der Waals surface area (Å²) >= 11 is 0. The van der Waals surface area contributed by atoms with Crippen molar-refractivity contribution < 1.29 is 4.79 Å². The van der Waals surface area contributed by atoms with Gasteiger partial charge in [-0.2, -0.15) is 0 Å². The molecular weight excluding hydrogens is 158 g/mol. The SMILES string of the molecule is NC(=O)c1cnc2nncn2c1. The van der Waals surface area contributed by atoms with E-state index in [2.05, 4.69) is 15.2 Å². The lowest BCUT2D eigenvalue weighted by atomic mass is 10.3. The lowest BCUT2D eigenvalue weighted by Gasteiger charge is -1.93. The first-order chi connectivity index (χ1) is 5.77. The molecule has 0 aromatic carbocycles. The number of hydrogen-bond donors (Lipinski definition) is 1. The topological polar surface area (TPSA) is 86.2 Å². The van der Waals surface area contributed by atoms with Crippen LogP contribution in [0.2, 0.25) is 0 Å². The summed E-state index contributed by atoms with van der Waals surface area (Å²) in [5, 5.41) is 7.27. The second kappa shape index (κ2) is 2.26. The van der Waals surface area contributed by atoms with Crippen LogP contribution in [0.5, 0.6) is 0 Å². The summed E-state index contributed by atoms with van der Waals surface area (Å²) in [7, 11) is 0. The largest absolute Gasteiger partial charge is 0.366 e. The molecule has 2 N–H and O–H groups in total. The predicted octanol–water partition coefficient (Wildman–Crippen LogP) is -0.777. The molecule has 0 aliphatic heterocycles. The molecule has 2 aromatic heterocycles. The third-order valence-electron chi connectivity index (χ3n) is 1.44. The third kappa shape index (κ3) is 0.895. The van der Waals surface area contributed by atoms with Gasteiger partial charge in [-0.25, -0.2) is 4.98 Å². The summed E-state index contributed by atoms with van der Waals surface area (Å²) in [4.78, 5) is 14.5. The summed E-state index contributed by atoms with van der Waals surface area (Å²) in [5.41, 5.74) is 5.38. The first-order valence-electron chi connectivity index (χ1n) is 3.22. The first-order valence-corrected chi connectivity index (χ1v) is 3.22. The van der Waals surface area contributed by atoms with E-state index in [1.54, 1.807) is 0 Å². The molecule has 0 radical (unpaired) electrons. The zero-order chi connectivity index (χ0) is 8.55. The number of carbonyl (C=O) groups is 1. The Kier molecular flexibility index (Phi) is 1.26. The van der Waals surface area contributed by atoms with E-state index in [0.29, 0.717) is 11.3 Å². The van der Waals surface area contributed by atoms with Crippen LogP contribution in [0.3, 0.4) is 0 Å². The van der Waals surface area contributed by atoms with Gasteiger partial charge in [-0.1, -0.05) is 0 Å². The van der Waals surface area contributed by atoms with Crippen LogP contribution in [0.4, 0.5) is 0 Å². The molecule has 0 saturated heterocycles. The number of carbonyl (C=O) groups excluding carboxylic acids is 1. The van der Waals surface area contributed by atoms with Crippen LogP contribution in [-0.2, 0) is 0 Å². The monoisotopic (exact) mass is 163 g/mol. The van der Waals surface area contributed by atoms with Crippen LogP contribution in [0.1, 0.15) is 10.4 Å². The van der Waals surface area contributed by atoms with Gasteiger partial charge in [0.25, 0.3) is 11.7 Å². The van der Waals surface area contributed by atoms with Crippen molar-refractivity contribution in [1.29, 1.82) is 0 Å². The van der Waals surface area contributed by atoms with Gasteiger partial charge in [-0.3, -0.25) is 9.20 Å². The average Bonchev–Trinajstić information content (AvgIpc) is 2.49. The fourth-order valence-corrected chi connectivity index (χ4v) is 0.858. The van der Waals surface area contributed by atoms with Crippen LogP contribution < -0.4 is 5.73 Å². The maximum Gasteiger partial charge on any atom is 0.254 e. The molecule has 1 amide bonds. The maximum absolute atomic E-state index is 10.7. The minimum Gasteiger partial charge on any atom is -0.366 e. The standard InChI is InChI=1S/C6H5N5O/c7-5(12)4-1-8-6-10-9-3-11(6)2-4/h1-3H,(H2,7,12). The number of primary amides is 1. The van der Waals surface area contributed by atoms with Crippen LogP contribution in [0.15, 0.2) is 18.7 Å². The highest BCUT2D eigenvalue weighted by molar-refractivity contribution is 5.92. The number of aromatic nitrogens is 4. The van der Waals surface area contributed by atoms with Crippen molar-refractivity contribution in [2.45, 2.75) is 0 Å². The molecule has 0 spiro atoms. The van der Waals surface area contributed by atoms with Gasteiger partial charge in [0.2, 0.25) is 0 Å². The highest BCUT2D eigenvalue weighted by Gasteiger charge is 2.02. The molecule has 0 saturated carbocycles. The highest BCUT2D eigenvalue weighted by atomic mass is 16.1. The average molecular weight is 163 g/mol. The van der Waals surface area contributed by atoms with E-state index in [9.17, 15) is 4.79 Å². The fraction of sp³-hybridized carbons (Fsp3) is 0. The molecule has 0 aliphatic rings. The molecule has 0 aliphatic carbocycles. The van der Waals surface area contributed by atoms with E-state index in [-0.39, 0.29) is 0 Å². The van der Waals surface area contributed by atoms with E-state index in [1.165, 1.54) is 23.1 Å². The van der Waals surface area contributed by atoms with Gasteiger partial charge in [0.15, 0.2) is 0 Å².